The van der Waals surface area contributed by atoms with E-state index in [1.54, 1.807) is 31.0 Å². The van der Waals surface area contributed by atoms with Gasteiger partial charge in [-0.3, -0.25) is 9.36 Å². The highest BCUT2D eigenvalue weighted by Crippen LogP contribution is 2.29. The maximum atomic E-state index is 13.4. The van der Waals surface area contributed by atoms with Crippen molar-refractivity contribution in [2.24, 2.45) is 0 Å². The van der Waals surface area contributed by atoms with Crippen LogP contribution in [0.5, 0.6) is 0 Å². The summed E-state index contributed by atoms with van der Waals surface area (Å²) < 4.78 is 39.0. The molecule has 1 aliphatic rings. The van der Waals surface area contributed by atoms with Crippen molar-refractivity contribution in [2.75, 3.05) is 18.6 Å². The van der Waals surface area contributed by atoms with E-state index < -0.39 is 15.1 Å². The molecule has 1 aromatic heterocycles. The minimum atomic E-state index is -3.08. The SMILES string of the molecule is CC(Sc1nnc(-c2ccc(F)cc2)n1Cc1ccccc1)C(=O)N(C)C1CCS(=O)(=O)C1. The van der Waals surface area contributed by atoms with Crippen molar-refractivity contribution >= 4 is 27.5 Å². The van der Waals surface area contributed by atoms with Crippen molar-refractivity contribution in [1.82, 2.24) is 19.7 Å². The van der Waals surface area contributed by atoms with Gasteiger partial charge in [-0.15, -0.1) is 10.2 Å². The lowest BCUT2D eigenvalue weighted by Gasteiger charge is -2.26. The van der Waals surface area contributed by atoms with Crippen molar-refractivity contribution in [3.63, 3.8) is 0 Å². The number of carbonyl (C=O) groups excluding carboxylic acids is 1. The van der Waals surface area contributed by atoms with E-state index in [4.69, 9.17) is 0 Å². The van der Waals surface area contributed by atoms with Gasteiger partial charge >= 0.3 is 0 Å². The molecule has 7 nitrogen and oxygen atoms in total. The Morgan fingerprint density at radius 1 is 1.18 bits per heavy atom. The van der Waals surface area contributed by atoms with Crippen LogP contribution < -0.4 is 0 Å². The molecule has 3 aromatic rings. The first-order valence-electron chi connectivity index (χ1n) is 10.6. The van der Waals surface area contributed by atoms with Crippen molar-refractivity contribution in [1.29, 1.82) is 0 Å². The lowest BCUT2D eigenvalue weighted by Crippen LogP contribution is -2.41. The summed E-state index contributed by atoms with van der Waals surface area (Å²) in [5, 5.41) is 8.73. The van der Waals surface area contributed by atoms with Gasteiger partial charge in [0, 0.05) is 18.7 Å². The number of halogens is 1. The van der Waals surface area contributed by atoms with E-state index in [2.05, 4.69) is 10.2 Å². The van der Waals surface area contributed by atoms with Crippen molar-refractivity contribution in [3.05, 3.63) is 66.0 Å². The largest absolute Gasteiger partial charge is 0.341 e. The van der Waals surface area contributed by atoms with Crippen LogP contribution in [0.4, 0.5) is 4.39 Å². The molecule has 0 saturated carbocycles. The third-order valence-corrected chi connectivity index (χ3v) is 8.55. The monoisotopic (exact) mass is 488 g/mol. The van der Waals surface area contributed by atoms with Gasteiger partial charge in [-0.25, -0.2) is 12.8 Å². The lowest BCUT2D eigenvalue weighted by atomic mass is 10.2. The topological polar surface area (TPSA) is 85.2 Å². The number of benzene rings is 2. The molecule has 1 aliphatic heterocycles. The Hall–Kier alpha value is -2.72. The zero-order chi connectivity index (χ0) is 23.6. The Morgan fingerprint density at radius 3 is 2.52 bits per heavy atom. The Morgan fingerprint density at radius 2 is 1.88 bits per heavy atom. The minimum absolute atomic E-state index is 0.00549. The zero-order valence-corrected chi connectivity index (χ0v) is 20.0. The van der Waals surface area contributed by atoms with E-state index in [0.717, 1.165) is 11.1 Å². The molecule has 0 aliphatic carbocycles. The Kier molecular flexibility index (Phi) is 6.85. The van der Waals surface area contributed by atoms with Gasteiger partial charge in [0.15, 0.2) is 20.8 Å². The Bertz CT molecular complexity index is 1230. The molecule has 10 heteroatoms. The summed E-state index contributed by atoms with van der Waals surface area (Å²) in [6.07, 6.45) is 0.459. The number of amides is 1. The standard InChI is InChI=1S/C23H25FN4O3S2/c1-16(22(29)27(2)20-12-13-33(30,31)15-20)32-23-26-25-21(18-8-10-19(24)11-9-18)28(23)14-17-6-4-3-5-7-17/h3-11,16,20H,12-15H2,1-2H3. The van der Waals surface area contributed by atoms with Crippen molar-refractivity contribution in [2.45, 2.75) is 36.3 Å². The van der Waals surface area contributed by atoms with Gasteiger partial charge in [-0.05, 0) is 43.2 Å². The number of hydrogen-bond acceptors (Lipinski definition) is 6. The average molecular weight is 489 g/mol. The van der Waals surface area contributed by atoms with Crippen molar-refractivity contribution < 1.29 is 17.6 Å². The van der Waals surface area contributed by atoms with Crippen LogP contribution in [0.15, 0.2) is 59.8 Å². The quantitative estimate of drug-likeness (QED) is 0.475. The summed E-state index contributed by atoms with van der Waals surface area (Å²) in [6.45, 7) is 2.27. The first-order valence-corrected chi connectivity index (χ1v) is 13.3. The van der Waals surface area contributed by atoms with Crippen LogP contribution in [0.3, 0.4) is 0 Å². The van der Waals surface area contributed by atoms with Crippen LogP contribution >= 0.6 is 11.8 Å². The molecular formula is C23H25FN4O3S2. The highest BCUT2D eigenvalue weighted by Gasteiger charge is 2.34. The van der Waals surface area contributed by atoms with E-state index in [-0.39, 0.29) is 29.3 Å². The number of aromatic nitrogens is 3. The van der Waals surface area contributed by atoms with Gasteiger partial charge in [0.1, 0.15) is 5.82 Å². The predicted octanol–water partition coefficient (Wildman–Crippen LogP) is 3.26. The molecule has 1 amide bonds. The third kappa shape index (κ3) is 5.44. The second-order valence-corrected chi connectivity index (χ2v) is 11.7. The molecule has 0 radical (unpaired) electrons. The van der Waals surface area contributed by atoms with Crippen LogP contribution in [0.25, 0.3) is 11.4 Å². The number of sulfone groups is 1. The summed E-state index contributed by atoms with van der Waals surface area (Å²) >= 11 is 1.28. The van der Waals surface area contributed by atoms with Crippen LogP contribution in [0.2, 0.25) is 0 Å². The van der Waals surface area contributed by atoms with Crippen LogP contribution in [-0.2, 0) is 21.2 Å². The molecule has 0 bridgehead atoms. The predicted molar refractivity (Wildman–Crippen MR) is 126 cm³/mol. The normalized spacial score (nSPS) is 18.2. The van der Waals surface area contributed by atoms with Crippen LogP contribution in [0, 0.1) is 5.82 Å². The van der Waals surface area contributed by atoms with Crippen molar-refractivity contribution in [3.8, 4) is 11.4 Å². The molecule has 2 unspecified atom stereocenters. The molecule has 1 fully saturated rings. The smallest absolute Gasteiger partial charge is 0.235 e. The van der Waals surface area contributed by atoms with Gasteiger partial charge in [-0.2, -0.15) is 0 Å². The summed E-state index contributed by atoms with van der Waals surface area (Å²) in [5.74, 6) is 0.212. The molecule has 0 spiro atoms. The molecule has 33 heavy (non-hydrogen) atoms. The van der Waals surface area contributed by atoms with E-state index in [1.165, 1.54) is 23.9 Å². The maximum Gasteiger partial charge on any atom is 0.235 e. The van der Waals surface area contributed by atoms with Crippen LogP contribution in [-0.4, -0.2) is 63.8 Å². The highest BCUT2D eigenvalue weighted by molar-refractivity contribution is 8.00. The van der Waals surface area contributed by atoms with Gasteiger partial charge in [0.25, 0.3) is 0 Å². The van der Waals surface area contributed by atoms with Gasteiger partial charge in [-0.1, -0.05) is 42.1 Å². The van der Waals surface area contributed by atoms with E-state index in [1.807, 2.05) is 34.9 Å². The molecule has 2 aromatic carbocycles. The fourth-order valence-electron chi connectivity index (χ4n) is 3.85. The number of nitrogens with zero attached hydrogens (tertiary/aromatic N) is 4. The lowest BCUT2D eigenvalue weighted by molar-refractivity contribution is -0.130. The number of hydrogen-bond donors (Lipinski definition) is 0. The highest BCUT2D eigenvalue weighted by atomic mass is 32.2. The molecule has 174 valence electrons. The third-order valence-electron chi connectivity index (χ3n) is 5.74. The Labute approximate surface area is 196 Å². The van der Waals surface area contributed by atoms with E-state index in [0.29, 0.717) is 23.9 Å². The first-order chi connectivity index (χ1) is 15.7. The summed E-state index contributed by atoms with van der Waals surface area (Å²) in [4.78, 5) is 14.6. The van der Waals surface area contributed by atoms with Gasteiger partial charge < -0.3 is 4.90 Å². The first kappa shape index (κ1) is 23.4. The summed E-state index contributed by atoms with van der Waals surface area (Å²) in [6, 6.07) is 15.6. The van der Waals surface area contributed by atoms with Gasteiger partial charge in [0.2, 0.25) is 5.91 Å². The second-order valence-electron chi connectivity index (χ2n) is 8.15. The van der Waals surface area contributed by atoms with E-state index >= 15 is 0 Å². The second kappa shape index (κ2) is 9.64. The Balaban J connectivity index is 1.58. The molecular weight excluding hydrogens is 463 g/mol. The number of thioether (sulfide) groups is 1. The minimum Gasteiger partial charge on any atom is -0.341 e. The number of carbonyl (C=O) groups is 1. The maximum absolute atomic E-state index is 13.4. The summed E-state index contributed by atoms with van der Waals surface area (Å²) in [5.41, 5.74) is 1.76. The average Bonchev–Trinajstić information content (AvgIpc) is 3.36. The molecule has 0 N–H and O–H groups in total. The van der Waals surface area contributed by atoms with Crippen LogP contribution in [0.1, 0.15) is 18.9 Å². The molecule has 4 rings (SSSR count). The molecule has 1 saturated heterocycles. The zero-order valence-electron chi connectivity index (χ0n) is 18.4. The fourth-order valence-corrected chi connectivity index (χ4v) is 6.58. The summed E-state index contributed by atoms with van der Waals surface area (Å²) in [7, 11) is -1.43. The molecule has 2 heterocycles. The fraction of sp³-hybridized carbons (Fsp3) is 0.348. The number of rotatable bonds is 7. The van der Waals surface area contributed by atoms with E-state index in [9.17, 15) is 17.6 Å². The molecule has 2 atom stereocenters. The van der Waals surface area contributed by atoms with Gasteiger partial charge in [0.05, 0.1) is 23.3 Å².